The minimum Gasteiger partial charge on any atom is -0.192 e. The van der Waals surface area contributed by atoms with E-state index in [0.717, 1.165) is 17.7 Å². The molecule has 0 aliphatic carbocycles. The lowest BCUT2D eigenvalue weighted by molar-refractivity contribution is -0.137. The van der Waals surface area contributed by atoms with Crippen molar-refractivity contribution in [2.75, 3.05) is 0 Å². The molecule has 0 atom stereocenters. The minimum absolute atomic E-state index is 0.0837. The van der Waals surface area contributed by atoms with Crippen molar-refractivity contribution in [3.63, 3.8) is 0 Å². The Morgan fingerprint density at radius 1 is 0.821 bits per heavy atom. The van der Waals surface area contributed by atoms with Crippen molar-refractivity contribution in [1.82, 2.24) is 0 Å². The topological polar surface area (TPSA) is 47.6 Å². The summed E-state index contributed by atoms with van der Waals surface area (Å²) in [4.78, 5) is 0. The Hall–Kier alpha value is -3.31. The number of alkyl halides is 3. The number of halogens is 3. The molecule has 0 fully saturated rings. The van der Waals surface area contributed by atoms with E-state index in [0.29, 0.717) is 16.3 Å². The van der Waals surface area contributed by atoms with Gasteiger partial charge in [-0.15, -0.1) is 0 Å². The van der Waals surface area contributed by atoms with Crippen molar-refractivity contribution < 1.29 is 13.2 Å². The van der Waals surface area contributed by atoms with Gasteiger partial charge in [-0.2, -0.15) is 23.7 Å². The van der Waals surface area contributed by atoms with Crippen molar-refractivity contribution in [2.24, 2.45) is 0 Å². The number of hydrogen-bond acceptors (Lipinski definition) is 2. The van der Waals surface area contributed by atoms with Crippen LogP contribution in [0.25, 0.3) is 21.9 Å². The van der Waals surface area contributed by atoms with Gasteiger partial charge < -0.3 is 0 Å². The summed E-state index contributed by atoms with van der Waals surface area (Å²) in [5.41, 5.74) is 0.859. The van der Waals surface area contributed by atoms with Crippen LogP contribution in [0.15, 0.2) is 48.5 Å². The van der Waals surface area contributed by atoms with E-state index in [1.165, 1.54) is 12.1 Å². The molecule has 3 aromatic carbocycles. The smallest absolute Gasteiger partial charge is 0.192 e. The first-order valence-electron chi connectivity index (χ1n) is 8.65. The number of hydrogen-bond donors (Lipinski definition) is 0. The second-order valence-electron chi connectivity index (χ2n) is 7.66. The molecule has 0 saturated carbocycles. The summed E-state index contributed by atoms with van der Waals surface area (Å²) in [6.45, 7) is 6.10. The molecule has 140 valence electrons. The summed E-state index contributed by atoms with van der Waals surface area (Å²) < 4.78 is 39.7. The Morgan fingerprint density at radius 2 is 1.54 bits per heavy atom. The van der Waals surface area contributed by atoms with E-state index >= 15 is 0 Å². The highest BCUT2D eigenvalue weighted by Crippen LogP contribution is 2.39. The number of nitrogens with zero attached hydrogens (tertiary/aromatic N) is 2. The molecule has 5 heteroatoms. The third kappa shape index (κ3) is 3.44. The van der Waals surface area contributed by atoms with Gasteiger partial charge in [0.2, 0.25) is 0 Å². The Morgan fingerprint density at radius 3 is 2.11 bits per heavy atom. The summed E-state index contributed by atoms with van der Waals surface area (Å²) in [7, 11) is 0. The Balaban J connectivity index is 2.46. The van der Waals surface area contributed by atoms with Crippen LogP contribution in [0, 0.1) is 22.7 Å². The average Bonchev–Trinajstić information content (AvgIpc) is 2.64. The first-order valence-corrected chi connectivity index (χ1v) is 8.65. The number of nitriles is 2. The predicted molar refractivity (Wildman–Crippen MR) is 103 cm³/mol. The zero-order valence-electron chi connectivity index (χ0n) is 15.6. The van der Waals surface area contributed by atoms with Crippen molar-refractivity contribution in [2.45, 2.75) is 32.4 Å². The van der Waals surface area contributed by atoms with Gasteiger partial charge >= 0.3 is 6.18 Å². The van der Waals surface area contributed by atoms with Gasteiger partial charge in [0.25, 0.3) is 0 Å². The molecule has 0 aliphatic heterocycles. The SMILES string of the molecule is CC(C)(C)c1ccc2cc(C#N)c(C#N)c(-c3cccc(C(F)(F)F)c3)c2c1. The zero-order chi connectivity index (χ0) is 20.7. The van der Waals surface area contributed by atoms with Crippen LogP contribution in [0.1, 0.15) is 43.0 Å². The molecular formula is C23H17F3N2. The quantitative estimate of drug-likeness (QED) is 0.481. The van der Waals surface area contributed by atoms with Gasteiger partial charge in [-0.25, -0.2) is 0 Å². The molecule has 0 aliphatic rings. The fourth-order valence-electron chi connectivity index (χ4n) is 3.22. The summed E-state index contributed by atoms with van der Waals surface area (Å²) >= 11 is 0. The molecule has 3 aromatic rings. The summed E-state index contributed by atoms with van der Waals surface area (Å²) in [6, 6.07) is 16.2. The third-order valence-corrected chi connectivity index (χ3v) is 4.72. The second kappa shape index (κ2) is 6.69. The van der Waals surface area contributed by atoms with Crippen LogP contribution in [0.3, 0.4) is 0 Å². The molecule has 0 radical (unpaired) electrons. The van der Waals surface area contributed by atoms with Crippen LogP contribution < -0.4 is 0 Å². The summed E-state index contributed by atoms with van der Waals surface area (Å²) in [5.74, 6) is 0. The highest BCUT2D eigenvalue weighted by Gasteiger charge is 2.31. The van der Waals surface area contributed by atoms with Crippen LogP contribution in [0.2, 0.25) is 0 Å². The molecule has 0 heterocycles. The molecule has 0 spiro atoms. The van der Waals surface area contributed by atoms with Crippen LogP contribution >= 0.6 is 0 Å². The maximum absolute atomic E-state index is 13.2. The first-order chi connectivity index (χ1) is 13.1. The van der Waals surface area contributed by atoms with E-state index in [9.17, 15) is 23.7 Å². The lowest BCUT2D eigenvalue weighted by atomic mass is 9.83. The van der Waals surface area contributed by atoms with Crippen molar-refractivity contribution in [1.29, 1.82) is 10.5 Å². The molecule has 2 nitrogen and oxygen atoms in total. The zero-order valence-corrected chi connectivity index (χ0v) is 15.6. The number of benzene rings is 3. The molecule has 0 aromatic heterocycles. The van der Waals surface area contributed by atoms with Gasteiger partial charge in [0.15, 0.2) is 0 Å². The van der Waals surface area contributed by atoms with E-state index in [1.54, 1.807) is 6.07 Å². The molecule has 3 rings (SSSR count). The van der Waals surface area contributed by atoms with Gasteiger partial charge in [0.05, 0.1) is 16.7 Å². The summed E-state index contributed by atoms with van der Waals surface area (Å²) in [5, 5.41) is 20.5. The van der Waals surface area contributed by atoms with E-state index < -0.39 is 11.7 Å². The van der Waals surface area contributed by atoms with Gasteiger partial charge in [-0.1, -0.05) is 45.0 Å². The standard InChI is InChI=1S/C23H17F3N2/c1-22(2,3)17-8-7-14-9-16(12-27)20(13-28)21(19(14)11-17)15-5-4-6-18(10-15)23(24,25)26/h4-11H,1-3H3. The molecular weight excluding hydrogens is 361 g/mol. The Labute approximate surface area is 161 Å². The van der Waals surface area contributed by atoms with Crippen LogP contribution in [-0.2, 0) is 11.6 Å². The normalized spacial score (nSPS) is 11.9. The lowest BCUT2D eigenvalue weighted by Gasteiger charge is -2.21. The molecule has 0 unspecified atom stereocenters. The number of fused-ring (bicyclic) bond motifs is 1. The van der Waals surface area contributed by atoms with Gasteiger partial charge in [0.1, 0.15) is 12.1 Å². The first kappa shape index (κ1) is 19.5. The Kier molecular flexibility index (Phi) is 4.65. The maximum atomic E-state index is 13.2. The average molecular weight is 378 g/mol. The van der Waals surface area contributed by atoms with Crippen LogP contribution in [0.4, 0.5) is 13.2 Å². The van der Waals surface area contributed by atoms with Crippen LogP contribution in [-0.4, -0.2) is 0 Å². The third-order valence-electron chi connectivity index (χ3n) is 4.72. The highest BCUT2D eigenvalue weighted by molar-refractivity contribution is 6.01. The maximum Gasteiger partial charge on any atom is 0.416 e. The molecule has 0 bridgehead atoms. The second-order valence-corrected chi connectivity index (χ2v) is 7.66. The van der Waals surface area contributed by atoms with Gasteiger partial charge in [-0.3, -0.25) is 0 Å². The largest absolute Gasteiger partial charge is 0.416 e. The number of rotatable bonds is 1. The molecule has 0 amide bonds. The van der Waals surface area contributed by atoms with Crippen molar-refractivity contribution >= 4 is 10.8 Å². The van der Waals surface area contributed by atoms with E-state index in [1.807, 2.05) is 51.1 Å². The summed E-state index contributed by atoms with van der Waals surface area (Å²) in [6.07, 6.45) is -4.50. The minimum atomic E-state index is -4.50. The van der Waals surface area contributed by atoms with E-state index in [-0.39, 0.29) is 22.1 Å². The fraction of sp³-hybridized carbons (Fsp3) is 0.217. The fourth-order valence-corrected chi connectivity index (χ4v) is 3.22. The van der Waals surface area contributed by atoms with E-state index in [4.69, 9.17) is 0 Å². The lowest BCUT2D eigenvalue weighted by Crippen LogP contribution is -2.10. The van der Waals surface area contributed by atoms with Crippen molar-refractivity contribution in [3.05, 3.63) is 70.8 Å². The monoisotopic (exact) mass is 378 g/mol. The Bertz CT molecular complexity index is 1150. The van der Waals surface area contributed by atoms with Crippen LogP contribution in [0.5, 0.6) is 0 Å². The van der Waals surface area contributed by atoms with E-state index in [2.05, 4.69) is 0 Å². The molecule has 0 saturated heterocycles. The van der Waals surface area contributed by atoms with Crippen molar-refractivity contribution in [3.8, 4) is 23.3 Å². The molecule has 0 N–H and O–H groups in total. The molecule has 28 heavy (non-hydrogen) atoms. The predicted octanol–water partition coefficient (Wildman–Crippen LogP) is 6.57. The van der Waals surface area contributed by atoms with Gasteiger partial charge in [0, 0.05) is 5.56 Å². The highest BCUT2D eigenvalue weighted by atomic mass is 19.4. The van der Waals surface area contributed by atoms with Gasteiger partial charge in [-0.05, 0) is 51.6 Å².